The molecule has 0 saturated carbocycles. The molecule has 25 heavy (non-hydrogen) atoms. The molecule has 8 nitrogen and oxygen atoms in total. The van der Waals surface area contributed by atoms with Crippen LogP contribution in [0.5, 0.6) is 0 Å². The highest BCUT2D eigenvalue weighted by molar-refractivity contribution is 7.88. The van der Waals surface area contributed by atoms with Crippen molar-refractivity contribution in [3.63, 3.8) is 0 Å². The highest BCUT2D eigenvalue weighted by Gasteiger charge is 2.26. The van der Waals surface area contributed by atoms with E-state index in [9.17, 15) is 13.2 Å². The largest absolute Gasteiger partial charge is 0.349 e. The van der Waals surface area contributed by atoms with Crippen molar-refractivity contribution >= 4 is 15.9 Å². The first-order valence-electron chi connectivity index (χ1n) is 8.83. The van der Waals surface area contributed by atoms with Gasteiger partial charge in [-0.2, -0.15) is 9.40 Å². The Morgan fingerprint density at radius 1 is 1.28 bits per heavy atom. The number of aromatic nitrogens is 2. The molecule has 1 saturated heterocycles. The van der Waals surface area contributed by atoms with Crippen LogP contribution in [0.4, 0.5) is 0 Å². The molecule has 2 aliphatic heterocycles. The summed E-state index contributed by atoms with van der Waals surface area (Å²) < 4.78 is 26.7. The molecule has 1 N–H and O–H groups in total. The van der Waals surface area contributed by atoms with Crippen LogP contribution in [-0.2, 0) is 34.5 Å². The number of likely N-dealkylation sites (N-methyl/N-ethyl adjacent to an activating group) is 1. The van der Waals surface area contributed by atoms with Crippen molar-refractivity contribution in [2.75, 3.05) is 26.4 Å². The number of carbonyl (C=O) groups excluding carboxylic acids is 1. The third kappa shape index (κ3) is 4.39. The number of nitrogens with zero attached hydrogens (tertiary/aromatic N) is 4. The molecule has 1 aromatic heterocycles. The average Bonchev–Trinajstić information content (AvgIpc) is 2.84. The highest BCUT2D eigenvalue weighted by Crippen LogP contribution is 2.17. The number of fused-ring (bicyclic) bond motifs is 1. The molecule has 0 radical (unpaired) electrons. The van der Waals surface area contributed by atoms with Crippen LogP contribution in [0.2, 0.25) is 0 Å². The fourth-order valence-corrected chi connectivity index (χ4v) is 4.33. The van der Waals surface area contributed by atoms with Crippen molar-refractivity contribution in [2.24, 2.45) is 0 Å². The van der Waals surface area contributed by atoms with Gasteiger partial charge in [-0.3, -0.25) is 14.4 Å². The Balaban J connectivity index is 1.59. The van der Waals surface area contributed by atoms with Crippen LogP contribution in [-0.4, -0.2) is 65.7 Å². The van der Waals surface area contributed by atoms with Crippen molar-refractivity contribution in [3.05, 3.63) is 17.5 Å². The van der Waals surface area contributed by atoms with E-state index in [1.165, 1.54) is 17.0 Å². The smallest absolute Gasteiger partial charge is 0.237 e. The van der Waals surface area contributed by atoms with E-state index >= 15 is 0 Å². The Bertz CT molecular complexity index is 730. The van der Waals surface area contributed by atoms with E-state index in [1.807, 2.05) is 17.8 Å². The Hall–Kier alpha value is -1.45. The quantitative estimate of drug-likeness (QED) is 0.816. The van der Waals surface area contributed by atoms with Crippen molar-refractivity contribution < 1.29 is 13.2 Å². The summed E-state index contributed by atoms with van der Waals surface area (Å²) in [6.45, 7) is 2.65. The first-order valence-corrected chi connectivity index (χ1v) is 10.7. The van der Waals surface area contributed by atoms with Crippen LogP contribution < -0.4 is 5.32 Å². The third-order valence-corrected chi connectivity index (χ3v) is 6.30. The molecule has 0 aliphatic carbocycles. The maximum absolute atomic E-state index is 12.5. The van der Waals surface area contributed by atoms with Gasteiger partial charge in [0, 0.05) is 6.54 Å². The second-order valence-corrected chi connectivity index (χ2v) is 8.99. The second kappa shape index (κ2) is 7.43. The Morgan fingerprint density at radius 2 is 2.08 bits per heavy atom. The molecule has 3 heterocycles. The van der Waals surface area contributed by atoms with Crippen molar-refractivity contribution in [3.8, 4) is 0 Å². The molecule has 0 spiro atoms. The van der Waals surface area contributed by atoms with Gasteiger partial charge in [-0.15, -0.1) is 0 Å². The molecule has 9 heteroatoms. The van der Waals surface area contributed by atoms with Crippen LogP contribution in [0.1, 0.15) is 37.1 Å². The zero-order chi connectivity index (χ0) is 18.0. The number of rotatable bonds is 4. The van der Waals surface area contributed by atoms with Crippen LogP contribution in [0.15, 0.2) is 6.07 Å². The Kier molecular flexibility index (Phi) is 5.45. The number of carbonyl (C=O) groups is 1. The lowest BCUT2D eigenvalue weighted by Crippen LogP contribution is -2.44. The molecule has 0 aromatic carbocycles. The molecular weight excluding hydrogens is 342 g/mol. The molecule has 0 bridgehead atoms. The summed E-state index contributed by atoms with van der Waals surface area (Å²) in [5.74, 6) is 0.0492. The lowest BCUT2D eigenvalue weighted by molar-refractivity contribution is -0.126. The minimum atomic E-state index is -3.19. The van der Waals surface area contributed by atoms with Crippen LogP contribution in [0, 0.1) is 0 Å². The van der Waals surface area contributed by atoms with Crippen molar-refractivity contribution in [2.45, 2.75) is 51.4 Å². The normalized spacial score (nSPS) is 23.0. The van der Waals surface area contributed by atoms with Gasteiger partial charge < -0.3 is 5.32 Å². The van der Waals surface area contributed by atoms with E-state index in [4.69, 9.17) is 0 Å². The minimum absolute atomic E-state index is 0.0492. The molecule has 0 unspecified atom stereocenters. The maximum Gasteiger partial charge on any atom is 0.237 e. The summed E-state index contributed by atoms with van der Waals surface area (Å²) >= 11 is 0. The minimum Gasteiger partial charge on any atom is -0.349 e. The van der Waals surface area contributed by atoms with Crippen LogP contribution >= 0.6 is 0 Å². The van der Waals surface area contributed by atoms with E-state index < -0.39 is 10.0 Å². The standard InChI is InChI=1S/C16H27N5O3S/c1-19-7-5-3-4-6-15(19)16(22)17-11-13-10-14-12-20(25(2,23)24)8-9-21(14)18-13/h10,15H,3-9,11-12H2,1-2H3,(H,17,22)/t15-/m1/s1. The average molecular weight is 369 g/mol. The summed E-state index contributed by atoms with van der Waals surface area (Å²) in [5, 5.41) is 7.48. The summed E-state index contributed by atoms with van der Waals surface area (Å²) in [4.78, 5) is 14.6. The fourth-order valence-electron chi connectivity index (χ4n) is 3.55. The fraction of sp³-hybridized carbons (Fsp3) is 0.750. The summed E-state index contributed by atoms with van der Waals surface area (Å²) in [6, 6.07) is 1.81. The van der Waals surface area contributed by atoms with Gasteiger partial charge in [-0.05, 0) is 32.5 Å². The molecule has 1 atom stereocenters. The van der Waals surface area contributed by atoms with Gasteiger partial charge in [0.1, 0.15) is 0 Å². The summed E-state index contributed by atoms with van der Waals surface area (Å²) in [7, 11) is -1.19. The third-order valence-electron chi connectivity index (χ3n) is 5.05. The van der Waals surface area contributed by atoms with Gasteiger partial charge in [0.05, 0.1) is 43.3 Å². The zero-order valence-electron chi connectivity index (χ0n) is 14.9. The molecule has 140 valence electrons. The van der Waals surface area contributed by atoms with E-state index in [2.05, 4.69) is 15.3 Å². The van der Waals surface area contributed by atoms with E-state index in [-0.39, 0.29) is 11.9 Å². The topological polar surface area (TPSA) is 87.5 Å². The molecule has 3 rings (SSSR count). The first kappa shape index (κ1) is 18.3. The number of amides is 1. The zero-order valence-corrected chi connectivity index (χ0v) is 15.8. The van der Waals surface area contributed by atoms with E-state index in [0.29, 0.717) is 26.2 Å². The predicted molar refractivity (Wildman–Crippen MR) is 94.2 cm³/mol. The van der Waals surface area contributed by atoms with Crippen LogP contribution in [0.25, 0.3) is 0 Å². The van der Waals surface area contributed by atoms with Gasteiger partial charge in [0.2, 0.25) is 15.9 Å². The number of likely N-dealkylation sites (tertiary alicyclic amines) is 1. The molecule has 1 amide bonds. The second-order valence-electron chi connectivity index (χ2n) is 7.01. The number of hydrogen-bond acceptors (Lipinski definition) is 5. The van der Waals surface area contributed by atoms with Gasteiger partial charge in [-0.25, -0.2) is 8.42 Å². The maximum atomic E-state index is 12.5. The summed E-state index contributed by atoms with van der Waals surface area (Å²) in [6.07, 6.45) is 5.53. The monoisotopic (exact) mass is 369 g/mol. The Morgan fingerprint density at radius 3 is 2.84 bits per heavy atom. The van der Waals surface area contributed by atoms with Gasteiger partial charge in [0.15, 0.2) is 0 Å². The molecule has 1 fully saturated rings. The number of nitrogens with one attached hydrogen (secondary N) is 1. The van der Waals surface area contributed by atoms with E-state index in [1.54, 1.807) is 0 Å². The predicted octanol–water partition coefficient (Wildman–Crippen LogP) is 0.149. The van der Waals surface area contributed by atoms with Gasteiger partial charge >= 0.3 is 0 Å². The summed E-state index contributed by atoms with van der Waals surface area (Å²) in [5.41, 5.74) is 1.64. The lowest BCUT2D eigenvalue weighted by Gasteiger charge is -2.25. The molecular formula is C16H27N5O3S. The van der Waals surface area contributed by atoms with Gasteiger partial charge in [0.25, 0.3) is 0 Å². The Labute approximate surface area is 149 Å². The van der Waals surface area contributed by atoms with Crippen LogP contribution in [0.3, 0.4) is 0 Å². The van der Waals surface area contributed by atoms with E-state index in [0.717, 1.165) is 37.2 Å². The van der Waals surface area contributed by atoms with Crippen molar-refractivity contribution in [1.82, 2.24) is 24.3 Å². The number of hydrogen-bond donors (Lipinski definition) is 1. The number of sulfonamides is 1. The van der Waals surface area contributed by atoms with Gasteiger partial charge in [-0.1, -0.05) is 12.8 Å². The molecule has 2 aliphatic rings. The lowest BCUT2D eigenvalue weighted by atomic mass is 10.1. The molecule has 1 aromatic rings. The van der Waals surface area contributed by atoms with Crippen molar-refractivity contribution in [1.29, 1.82) is 0 Å². The SMILES string of the molecule is CN1CCCCC[C@@H]1C(=O)NCc1cc2n(n1)CCN(S(C)(=O)=O)C2. The highest BCUT2D eigenvalue weighted by atomic mass is 32.2. The first-order chi connectivity index (χ1) is 11.8.